The van der Waals surface area contributed by atoms with Gasteiger partial charge in [-0.1, -0.05) is 22.9 Å². The van der Waals surface area contributed by atoms with Crippen molar-refractivity contribution in [3.63, 3.8) is 0 Å². The molecule has 1 N–H and O–H groups in total. The fourth-order valence-corrected chi connectivity index (χ4v) is 6.78. The molecule has 33 heavy (non-hydrogen) atoms. The Kier molecular flexibility index (Phi) is 6.18. The van der Waals surface area contributed by atoms with E-state index in [0.29, 0.717) is 28.3 Å². The quantitative estimate of drug-likeness (QED) is 0.487. The van der Waals surface area contributed by atoms with Gasteiger partial charge in [0.25, 0.3) is 20.3 Å². The summed E-state index contributed by atoms with van der Waals surface area (Å²) in [6.45, 7) is 0.134. The van der Waals surface area contributed by atoms with Crippen molar-refractivity contribution in [2.75, 3.05) is 30.3 Å². The van der Waals surface area contributed by atoms with E-state index in [1.807, 2.05) is 0 Å². The van der Waals surface area contributed by atoms with Crippen LogP contribution in [0.5, 0.6) is 0 Å². The van der Waals surface area contributed by atoms with Crippen LogP contribution in [-0.4, -0.2) is 57.9 Å². The Bertz CT molecular complexity index is 1440. The maximum Gasteiger partial charge on any atom is 0.293 e. The number of fused-ring (bicyclic) bond motifs is 1. The SMILES string of the molecule is CN(C)S(=O)(=O)c1ccc2c(c1)CCN2S(=O)(=O)c1nnc(NC(=O)c2ccc(Cl)cc2)s1. The maximum atomic E-state index is 13.2. The van der Waals surface area contributed by atoms with Gasteiger partial charge in [0.1, 0.15) is 0 Å². The summed E-state index contributed by atoms with van der Waals surface area (Å²) in [6.07, 6.45) is 0.352. The van der Waals surface area contributed by atoms with Gasteiger partial charge in [-0.3, -0.25) is 14.4 Å². The van der Waals surface area contributed by atoms with Crippen LogP contribution in [-0.2, 0) is 26.5 Å². The van der Waals surface area contributed by atoms with Crippen molar-refractivity contribution in [2.24, 2.45) is 0 Å². The third-order valence-electron chi connectivity index (χ3n) is 4.93. The van der Waals surface area contributed by atoms with Gasteiger partial charge in [-0.15, -0.1) is 10.2 Å². The van der Waals surface area contributed by atoms with Crippen LogP contribution < -0.4 is 9.62 Å². The average molecular weight is 528 g/mol. The Morgan fingerprint density at radius 3 is 2.45 bits per heavy atom. The van der Waals surface area contributed by atoms with E-state index in [9.17, 15) is 21.6 Å². The van der Waals surface area contributed by atoms with Crippen molar-refractivity contribution in [3.8, 4) is 0 Å². The van der Waals surface area contributed by atoms with Gasteiger partial charge in [-0.2, -0.15) is 8.42 Å². The van der Waals surface area contributed by atoms with E-state index in [2.05, 4.69) is 15.5 Å². The molecule has 1 aliphatic heterocycles. The van der Waals surface area contributed by atoms with Gasteiger partial charge in [0.05, 0.1) is 10.6 Å². The standard InChI is InChI=1S/C19H18ClN5O5S3/c1-24(2)32(27,28)15-7-8-16-13(11-15)9-10-25(16)33(29,30)19-23-22-18(31-19)21-17(26)12-3-5-14(20)6-4-12/h3-8,11H,9-10H2,1-2H3,(H,21,22,26). The van der Waals surface area contributed by atoms with E-state index < -0.39 is 26.0 Å². The lowest BCUT2D eigenvalue weighted by Crippen LogP contribution is -2.29. The number of amides is 1. The van der Waals surface area contributed by atoms with Gasteiger partial charge >= 0.3 is 0 Å². The van der Waals surface area contributed by atoms with E-state index in [-0.39, 0.29) is 20.9 Å². The second kappa shape index (κ2) is 8.65. The van der Waals surface area contributed by atoms with Gasteiger partial charge in [0, 0.05) is 31.2 Å². The highest BCUT2D eigenvalue weighted by Gasteiger charge is 2.35. The Morgan fingerprint density at radius 1 is 1.09 bits per heavy atom. The highest BCUT2D eigenvalue weighted by molar-refractivity contribution is 7.94. The fourth-order valence-electron chi connectivity index (χ4n) is 3.20. The molecule has 174 valence electrons. The van der Waals surface area contributed by atoms with E-state index in [1.54, 1.807) is 12.1 Å². The zero-order valence-electron chi connectivity index (χ0n) is 17.4. The van der Waals surface area contributed by atoms with Crippen LogP contribution in [0, 0.1) is 0 Å². The van der Waals surface area contributed by atoms with E-state index in [4.69, 9.17) is 11.6 Å². The first-order valence-electron chi connectivity index (χ1n) is 9.49. The normalized spacial score (nSPS) is 13.9. The molecule has 0 spiro atoms. The van der Waals surface area contributed by atoms with Crippen LogP contribution in [0.1, 0.15) is 15.9 Å². The number of hydrogen-bond acceptors (Lipinski definition) is 8. The molecule has 4 rings (SSSR count). The molecule has 0 aliphatic carbocycles. The summed E-state index contributed by atoms with van der Waals surface area (Å²) in [5.74, 6) is -0.479. The van der Waals surface area contributed by atoms with Crippen LogP contribution in [0.4, 0.5) is 10.8 Å². The number of nitrogens with zero attached hydrogens (tertiary/aromatic N) is 4. The minimum Gasteiger partial charge on any atom is -0.296 e. The van der Waals surface area contributed by atoms with Gasteiger partial charge in [-0.25, -0.2) is 12.7 Å². The molecular formula is C19H18ClN5O5S3. The zero-order valence-corrected chi connectivity index (χ0v) is 20.6. The molecule has 1 amide bonds. The lowest BCUT2D eigenvalue weighted by molar-refractivity contribution is 0.102. The third-order valence-corrected chi connectivity index (χ3v) is 9.99. The number of anilines is 2. The summed E-state index contributed by atoms with van der Waals surface area (Å²) in [4.78, 5) is 12.4. The molecule has 0 bridgehead atoms. The van der Waals surface area contributed by atoms with Crippen molar-refractivity contribution in [2.45, 2.75) is 15.7 Å². The van der Waals surface area contributed by atoms with Crippen molar-refractivity contribution in [1.29, 1.82) is 0 Å². The minimum atomic E-state index is -4.05. The summed E-state index contributed by atoms with van der Waals surface area (Å²) >= 11 is 6.54. The molecule has 0 atom stereocenters. The maximum absolute atomic E-state index is 13.2. The number of hydrogen-bond donors (Lipinski definition) is 1. The number of benzene rings is 2. The first-order chi connectivity index (χ1) is 15.5. The minimum absolute atomic E-state index is 0.0281. The number of rotatable bonds is 6. The van der Waals surface area contributed by atoms with Gasteiger partial charge in [0.15, 0.2) is 0 Å². The number of carbonyl (C=O) groups is 1. The molecule has 0 radical (unpaired) electrons. The van der Waals surface area contributed by atoms with E-state index >= 15 is 0 Å². The molecule has 0 saturated carbocycles. The monoisotopic (exact) mass is 527 g/mol. The van der Waals surface area contributed by atoms with Gasteiger partial charge in [-0.05, 0) is 54.4 Å². The topological polar surface area (TPSA) is 130 Å². The molecule has 3 aromatic rings. The highest BCUT2D eigenvalue weighted by Crippen LogP contribution is 2.36. The average Bonchev–Trinajstić information content (AvgIpc) is 3.41. The molecule has 1 aromatic heterocycles. The number of aromatic nitrogens is 2. The van der Waals surface area contributed by atoms with Crippen LogP contribution in [0.3, 0.4) is 0 Å². The lowest BCUT2D eigenvalue weighted by atomic mass is 10.2. The number of nitrogens with one attached hydrogen (secondary N) is 1. The Labute approximate surface area is 199 Å². The Hall–Kier alpha value is -2.58. The molecule has 0 fully saturated rings. The zero-order chi connectivity index (χ0) is 24.0. The predicted octanol–water partition coefficient (Wildman–Crippen LogP) is 2.45. The second-order valence-electron chi connectivity index (χ2n) is 7.24. The van der Waals surface area contributed by atoms with Crippen molar-refractivity contribution in [1.82, 2.24) is 14.5 Å². The smallest absolute Gasteiger partial charge is 0.293 e. The Balaban J connectivity index is 1.57. The summed E-state index contributed by atoms with van der Waals surface area (Å²) in [6, 6.07) is 10.5. The number of sulfonamides is 2. The summed E-state index contributed by atoms with van der Waals surface area (Å²) in [7, 11) is -4.83. The van der Waals surface area contributed by atoms with E-state index in [1.165, 1.54) is 48.7 Å². The molecule has 10 nitrogen and oxygen atoms in total. The molecule has 0 saturated heterocycles. The Morgan fingerprint density at radius 2 is 1.79 bits per heavy atom. The summed E-state index contributed by atoms with van der Waals surface area (Å²) in [5.41, 5.74) is 1.31. The molecule has 2 heterocycles. The van der Waals surface area contributed by atoms with Crippen molar-refractivity contribution >= 4 is 59.7 Å². The molecular weight excluding hydrogens is 510 g/mol. The molecule has 1 aliphatic rings. The summed E-state index contributed by atoms with van der Waals surface area (Å²) < 4.78 is 53.1. The van der Waals surface area contributed by atoms with Crippen LogP contribution in [0.2, 0.25) is 5.02 Å². The van der Waals surface area contributed by atoms with Gasteiger partial charge in [0.2, 0.25) is 15.2 Å². The van der Waals surface area contributed by atoms with Crippen LogP contribution in [0.15, 0.2) is 51.7 Å². The largest absolute Gasteiger partial charge is 0.296 e. The predicted molar refractivity (Wildman–Crippen MR) is 125 cm³/mol. The van der Waals surface area contributed by atoms with Crippen molar-refractivity contribution in [3.05, 3.63) is 58.6 Å². The first kappa shape index (κ1) is 23.6. The summed E-state index contributed by atoms with van der Waals surface area (Å²) in [5, 5.41) is 10.6. The lowest BCUT2D eigenvalue weighted by Gasteiger charge is -2.18. The van der Waals surface area contributed by atoms with Crippen LogP contribution in [0.25, 0.3) is 0 Å². The molecule has 2 aromatic carbocycles. The van der Waals surface area contributed by atoms with Crippen molar-refractivity contribution < 1.29 is 21.6 Å². The van der Waals surface area contributed by atoms with E-state index in [0.717, 1.165) is 15.6 Å². The first-order valence-corrected chi connectivity index (χ1v) is 13.6. The van der Waals surface area contributed by atoms with Gasteiger partial charge < -0.3 is 0 Å². The van der Waals surface area contributed by atoms with Crippen LogP contribution >= 0.6 is 22.9 Å². The third kappa shape index (κ3) is 4.46. The molecule has 14 heteroatoms. The second-order valence-corrected chi connectivity index (χ2v) is 12.8. The number of carbonyl (C=O) groups excluding carboxylic acids is 1. The highest BCUT2D eigenvalue weighted by atomic mass is 35.5. The molecule has 0 unspecified atom stereocenters. The number of halogens is 1. The fraction of sp³-hybridized carbons (Fsp3) is 0.211.